The van der Waals surface area contributed by atoms with Gasteiger partial charge in [0.15, 0.2) is 5.78 Å². The lowest BCUT2D eigenvalue weighted by molar-refractivity contribution is -0.161. The maximum Gasteiger partial charge on any atom is 0.328 e. The zero-order valence-electron chi connectivity index (χ0n) is 22.4. The van der Waals surface area contributed by atoms with E-state index in [1.807, 2.05) is 6.08 Å². The summed E-state index contributed by atoms with van der Waals surface area (Å²) < 4.78 is 10.8. The number of nitrogens with zero attached hydrogens (tertiary/aromatic N) is 1. The van der Waals surface area contributed by atoms with Gasteiger partial charge in [0.25, 0.3) is 0 Å². The third-order valence-electron chi connectivity index (χ3n) is 10.8. The van der Waals surface area contributed by atoms with Gasteiger partial charge in [-0.1, -0.05) is 19.4 Å². The number of methoxy groups -OCH3 is 1. The Morgan fingerprint density at radius 3 is 2.59 bits per heavy atom. The van der Waals surface area contributed by atoms with E-state index < -0.39 is 18.1 Å². The molecule has 0 unspecified atom stereocenters. The molecule has 4 fully saturated rings. The second-order valence-corrected chi connectivity index (χ2v) is 12.5. The van der Waals surface area contributed by atoms with Crippen LogP contribution in [0.15, 0.2) is 11.6 Å². The van der Waals surface area contributed by atoms with E-state index in [-0.39, 0.29) is 60.4 Å². The van der Waals surface area contributed by atoms with Gasteiger partial charge in [-0.05, 0) is 74.2 Å². The third kappa shape index (κ3) is 4.53. The first-order chi connectivity index (χ1) is 17.6. The van der Waals surface area contributed by atoms with Gasteiger partial charge in [-0.25, -0.2) is 4.79 Å². The van der Waals surface area contributed by atoms with E-state index in [0.29, 0.717) is 24.2 Å². The van der Waals surface area contributed by atoms with Crippen LogP contribution in [-0.4, -0.2) is 65.5 Å². The third-order valence-corrected chi connectivity index (χ3v) is 10.8. The van der Waals surface area contributed by atoms with E-state index in [2.05, 4.69) is 13.8 Å². The maximum absolute atomic E-state index is 12.8. The summed E-state index contributed by atoms with van der Waals surface area (Å²) in [5, 5.41) is 9.93. The molecule has 0 bridgehead atoms. The fourth-order valence-corrected chi connectivity index (χ4v) is 8.72. The fourth-order valence-electron chi connectivity index (χ4n) is 8.72. The molecular formula is C29H41NO7. The van der Waals surface area contributed by atoms with Crippen molar-refractivity contribution < 1.29 is 33.8 Å². The molecule has 0 radical (unpaired) electrons. The second kappa shape index (κ2) is 9.83. The normalized spacial score (nSPS) is 40.8. The van der Waals surface area contributed by atoms with E-state index in [9.17, 15) is 24.3 Å². The predicted molar refractivity (Wildman–Crippen MR) is 134 cm³/mol. The first-order valence-corrected chi connectivity index (χ1v) is 14.1. The fraction of sp³-hybridized carbons (Fsp3) is 0.793. The summed E-state index contributed by atoms with van der Waals surface area (Å²) >= 11 is 0. The summed E-state index contributed by atoms with van der Waals surface area (Å²) in [6.45, 7) is 4.73. The molecule has 8 nitrogen and oxygen atoms in total. The van der Waals surface area contributed by atoms with Gasteiger partial charge in [0.1, 0.15) is 12.1 Å². The van der Waals surface area contributed by atoms with E-state index >= 15 is 0 Å². The number of amides is 1. The summed E-state index contributed by atoms with van der Waals surface area (Å²) in [7, 11) is 1.26. The number of likely N-dealkylation sites (tertiary alicyclic amines) is 1. The number of β-amino-alcohol motifs (C(OH)–C–C–N with tert-alkyl or cyclic N) is 1. The Bertz CT molecular complexity index is 1010. The molecule has 5 rings (SSSR count). The van der Waals surface area contributed by atoms with Crippen LogP contribution in [-0.2, 0) is 28.7 Å². The summed E-state index contributed by atoms with van der Waals surface area (Å²) in [5.41, 5.74) is 1.43. The van der Waals surface area contributed by atoms with Gasteiger partial charge < -0.3 is 19.5 Å². The number of rotatable bonds is 5. The van der Waals surface area contributed by atoms with Gasteiger partial charge in [0.05, 0.1) is 19.6 Å². The molecule has 0 aromatic rings. The molecule has 1 N–H and O–H groups in total. The number of hydrogen-bond acceptors (Lipinski definition) is 7. The molecule has 1 heterocycles. The van der Waals surface area contributed by atoms with E-state index in [4.69, 9.17) is 9.47 Å². The number of esters is 2. The van der Waals surface area contributed by atoms with Crippen molar-refractivity contribution in [2.45, 2.75) is 103 Å². The number of carbonyl (C=O) groups excluding carboxylic acids is 4. The zero-order valence-corrected chi connectivity index (χ0v) is 22.4. The molecule has 8 heteroatoms. The molecule has 3 saturated carbocycles. The molecule has 1 amide bonds. The van der Waals surface area contributed by atoms with Crippen molar-refractivity contribution >= 4 is 23.6 Å². The minimum Gasteiger partial charge on any atom is -0.467 e. The Morgan fingerprint density at radius 2 is 1.84 bits per heavy atom. The number of carbonyl (C=O) groups is 4. The highest BCUT2D eigenvalue weighted by Crippen LogP contribution is 2.65. The van der Waals surface area contributed by atoms with Crippen molar-refractivity contribution in [2.24, 2.45) is 28.6 Å². The Hall–Kier alpha value is -2.22. The van der Waals surface area contributed by atoms with E-state index in [1.165, 1.54) is 17.6 Å². The van der Waals surface area contributed by atoms with Gasteiger partial charge >= 0.3 is 11.9 Å². The summed E-state index contributed by atoms with van der Waals surface area (Å²) in [6, 6.07) is -0.803. The smallest absolute Gasteiger partial charge is 0.328 e. The Morgan fingerprint density at radius 1 is 1.05 bits per heavy atom. The van der Waals surface area contributed by atoms with Crippen LogP contribution in [0.1, 0.15) is 84.5 Å². The number of ketones is 1. The SMILES string of the molecule is COC(=O)[C@@H]1C[C@H](O)CN1C(=O)CCC(=O)O[C@@H]1CC[C@@H]2[C@@H]3CCC4=CC(=O)CC[C@]4(C)[C@@H]3CC[C@@]21C. The average Bonchev–Trinajstić information content (AvgIpc) is 3.42. The molecule has 37 heavy (non-hydrogen) atoms. The molecule has 0 aromatic carbocycles. The highest BCUT2D eigenvalue weighted by Gasteiger charge is 2.60. The Kier molecular flexibility index (Phi) is 7.01. The lowest BCUT2D eigenvalue weighted by Crippen LogP contribution is -2.51. The van der Waals surface area contributed by atoms with Crippen LogP contribution in [0.2, 0.25) is 0 Å². The van der Waals surface area contributed by atoms with Crippen LogP contribution in [0.25, 0.3) is 0 Å². The maximum atomic E-state index is 12.8. The van der Waals surface area contributed by atoms with E-state index in [1.54, 1.807) is 0 Å². The van der Waals surface area contributed by atoms with Crippen molar-refractivity contribution in [1.29, 1.82) is 0 Å². The van der Waals surface area contributed by atoms with Crippen molar-refractivity contribution in [3.63, 3.8) is 0 Å². The zero-order chi connectivity index (χ0) is 26.5. The standard InChI is InChI=1S/C29H41NO7/c1-28-12-10-18(31)14-17(28)4-5-20-21-6-7-24(29(21,2)13-11-22(20)28)37-26(34)9-8-25(33)30-16-19(32)15-23(30)27(35)36-3/h14,19-24,32H,4-13,15-16H2,1-3H3/t19-,20-,21+,22+,23-,24+,28-,29-/m0/s1. The van der Waals surface area contributed by atoms with Crippen molar-refractivity contribution in [2.75, 3.05) is 13.7 Å². The minimum absolute atomic E-state index is 0.0388. The molecular weight excluding hydrogens is 474 g/mol. The van der Waals surface area contributed by atoms with Crippen LogP contribution in [0.4, 0.5) is 0 Å². The van der Waals surface area contributed by atoms with Crippen molar-refractivity contribution in [3.8, 4) is 0 Å². The molecule has 4 aliphatic carbocycles. The lowest BCUT2D eigenvalue weighted by atomic mass is 9.47. The first kappa shape index (κ1) is 26.4. The van der Waals surface area contributed by atoms with Gasteiger partial charge in [0, 0.05) is 31.2 Å². The highest BCUT2D eigenvalue weighted by atomic mass is 16.5. The van der Waals surface area contributed by atoms with Gasteiger partial charge in [-0.3, -0.25) is 14.4 Å². The lowest BCUT2D eigenvalue weighted by Gasteiger charge is -2.57. The number of ether oxygens (including phenoxy) is 2. The quantitative estimate of drug-likeness (QED) is 0.559. The molecule has 1 saturated heterocycles. The summed E-state index contributed by atoms with van der Waals surface area (Å²) in [5.74, 6) is 0.703. The molecule has 0 spiro atoms. The predicted octanol–water partition coefficient (Wildman–Crippen LogP) is 3.35. The van der Waals surface area contributed by atoms with Crippen LogP contribution in [0.3, 0.4) is 0 Å². The molecule has 5 aliphatic rings. The minimum atomic E-state index is -0.803. The molecule has 8 atom stereocenters. The number of allylic oxidation sites excluding steroid dienone is 1. The van der Waals surface area contributed by atoms with Crippen LogP contribution in [0, 0.1) is 28.6 Å². The topological polar surface area (TPSA) is 110 Å². The Labute approximate surface area is 219 Å². The van der Waals surface area contributed by atoms with Gasteiger partial charge in [-0.15, -0.1) is 0 Å². The number of hydrogen-bond donors (Lipinski definition) is 1. The van der Waals surface area contributed by atoms with E-state index in [0.717, 1.165) is 44.9 Å². The molecule has 0 aromatic heterocycles. The van der Waals surface area contributed by atoms with Crippen LogP contribution in [0.5, 0.6) is 0 Å². The molecule has 1 aliphatic heterocycles. The summed E-state index contributed by atoms with van der Waals surface area (Å²) in [4.78, 5) is 51.0. The number of fused-ring (bicyclic) bond motifs is 5. The highest BCUT2D eigenvalue weighted by molar-refractivity contribution is 5.91. The first-order valence-electron chi connectivity index (χ1n) is 14.1. The number of aliphatic hydroxyl groups is 1. The van der Waals surface area contributed by atoms with Crippen molar-refractivity contribution in [3.05, 3.63) is 11.6 Å². The molecule has 204 valence electrons. The summed E-state index contributed by atoms with van der Waals surface area (Å²) in [6.07, 6.45) is 8.81. The van der Waals surface area contributed by atoms with Crippen molar-refractivity contribution in [1.82, 2.24) is 4.90 Å². The largest absolute Gasteiger partial charge is 0.467 e. The van der Waals surface area contributed by atoms with Crippen LogP contribution >= 0.6 is 0 Å². The monoisotopic (exact) mass is 515 g/mol. The van der Waals surface area contributed by atoms with Gasteiger partial charge in [0.2, 0.25) is 5.91 Å². The average molecular weight is 516 g/mol. The second-order valence-electron chi connectivity index (χ2n) is 12.5. The number of aliphatic hydroxyl groups excluding tert-OH is 1. The van der Waals surface area contributed by atoms with Crippen LogP contribution < -0.4 is 0 Å². The Balaban J connectivity index is 1.19. The van der Waals surface area contributed by atoms with Gasteiger partial charge in [-0.2, -0.15) is 0 Å².